The smallest absolute Gasteiger partial charge is 0.123 e. The normalized spacial score (nSPS) is 22.0. The number of methoxy groups -OCH3 is 1. The van der Waals surface area contributed by atoms with Crippen LogP contribution in [0.15, 0.2) is 42.5 Å². The molecular weight excluding hydrogens is 414 g/mol. The number of benzene rings is 2. The highest BCUT2D eigenvalue weighted by Crippen LogP contribution is 2.35. The monoisotopic (exact) mass is 442 g/mol. The summed E-state index contributed by atoms with van der Waals surface area (Å²) in [5, 5.41) is 3.66. The van der Waals surface area contributed by atoms with Crippen molar-refractivity contribution >= 4 is 30.5 Å². The van der Waals surface area contributed by atoms with Crippen LogP contribution in [-0.2, 0) is 11.2 Å². The number of fused-ring (bicyclic) bond motifs is 1. The van der Waals surface area contributed by atoms with Crippen molar-refractivity contribution in [2.75, 3.05) is 38.3 Å². The van der Waals surface area contributed by atoms with Crippen molar-refractivity contribution in [3.8, 4) is 5.75 Å². The molecule has 160 valence electrons. The molecular formula is C22H29Cl2FN2O2. The molecule has 4 nitrogen and oxygen atoms in total. The van der Waals surface area contributed by atoms with E-state index >= 15 is 0 Å². The quantitative estimate of drug-likeness (QED) is 0.760. The fourth-order valence-electron chi connectivity index (χ4n) is 4.26. The molecule has 0 aromatic heterocycles. The van der Waals surface area contributed by atoms with E-state index in [1.807, 2.05) is 18.2 Å². The second-order valence-corrected chi connectivity index (χ2v) is 7.45. The summed E-state index contributed by atoms with van der Waals surface area (Å²) in [6.07, 6.45) is 0.787. The number of ether oxygens (including phenoxy) is 2. The molecule has 3 unspecified atom stereocenters. The summed E-state index contributed by atoms with van der Waals surface area (Å²) < 4.78 is 25.0. The average molecular weight is 443 g/mol. The SMILES string of the molecule is COc1ccc(N2CCNC(C(C)C3OCCc4cc(F)ccc43)C2)cc1.Cl.Cl. The van der Waals surface area contributed by atoms with E-state index in [1.54, 1.807) is 19.2 Å². The van der Waals surface area contributed by atoms with Gasteiger partial charge in [0.05, 0.1) is 19.8 Å². The van der Waals surface area contributed by atoms with E-state index < -0.39 is 0 Å². The van der Waals surface area contributed by atoms with Crippen molar-refractivity contribution in [3.63, 3.8) is 0 Å². The molecule has 7 heteroatoms. The predicted octanol–water partition coefficient (Wildman–Crippen LogP) is 4.41. The van der Waals surface area contributed by atoms with Crippen LogP contribution in [0.3, 0.4) is 0 Å². The number of hydrogen-bond acceptors (Lipinski definition) is 4. The largest absolute Gasteiger partial charge is 0.497 e. The van der Waals surface area contributed by atoms with E-state index in [0.29, 0.717) is 12.6 Å². The number of anilines is 1. The van der Waals surface area contributed by atoms with Gasteiger partial charge in [0.15, 0.2) is 0 Å². The standard InChI is InChI=1S/C22H27FN2O2.2ClH/c1-15(22-20-8-3-17(23)13-16(20)9-12-27-22)21-14-25(11-10-24-21)18-4-6-19(26-2)7-5-18;;/h3-8,13,15,21-22,24H,9-12,14H2,1-2H3;2*1H. The average Bonchev–Trinajstić information content (AvgIpc) is 2.72. The van der Waals surface area contributed by atoms with Gasteiger partial charge in [0, 0.05) is 37.3 Å². The fourth-order valence-corrected chi connectivity index (χ4v) is 4.26. The van der Waals surface area contributed by atoms with Crippen LogP contribution in [0.4, 0.5) is 10.1 Å². The molecule has 0 spiro atoms. The Morgan fingerprint density at radius 1 is 1.17 bits per heavy atom. The third-order valence-electron chi connectivity index (χ3n) is 5.84. The molecule has 2 aromatic rings. The zero-order valence-corrected chi connectivity index (χ0v) is 18.4. The van der Waals surface area contributed by atoms with E-state index in [2.05, 4.69) is 29.3 Å². The van der Waals surface area contributed by atoms with Crippen LogP contribution in [0.2, 0.25) is 0 Å². The topological polar surface area (TPSA) is 33.7 Å². The zero-order valence-electron chi connectivity index (χ0n) is 16.8. The number of rotatable bonds is 4. The third kappa shape index (κ3) is 5.15. The molecule has 0 bridgehead atoms. The number of hydrogen-bond donors (Lipinski definition) is 1. The van der Waals surface area contributed by atoms with E-state index in [1.165, 1.54) is 5.69 Å². The second kappa shape index (κ2) is 10.5. The molecule has 0 saturated carbocycles. The Morgan fingerprint density at radius 2 is 1.93 bits per heavy atom. The molecule has 1 fully saturated rings. The van der Waals surface area contributed by atoms with Crippen molar-refractivity contribution in [1.29, 1.82) is 0 Å². The lowest BCUT2D eigenvalue weighted by Crippen LogP contribution is -2.54. The molecule has 0 amide bonds. The van der Waals surface area contributed by atoms with Crippen molar-refractivity contribution in [3.05, 3.63) is 59.4 Å². The molecule has 2 aliphatic rings. The minimum Gasteiger partial charge on any atom is -0.497 e. The summed E-state index contributed by atoms with van der Waals surface area (Å²) in [5.41, 5.74) is 3.43. The number of nitrogens with one attached hydrogen (secondary N) is 1. The van der Waals surface area contributed by atoms with Gasteiger partial charge < -0.3 is 19.7 Å². The Kier molecular flexibility index (Phi) is 8.58. The zero-order chi connectivity index (χ0) is 18.8. The van der Waals surface area contributed by atoms with Gasteiger partial charge >= 0.3 is 0 Å². The molecule has 29 heavy (non-hydrogen) atoms. The second-order valence-electron chi connectivity index (χ2n) is 7.45. The van der Waals surface area contributed by atoms with E-state index in [4.69, 9.17) is 9.47 Å². The Balaban J connectivity index is 0.00000150. The fraction of sp³-hybridized carbons (Fsp3) is 0.455. The van der Waals surface area contributed by atoms with Gasteiger partial charge in [-0.05, 0) is 53.9 Å². The molecule has 2 aliphatic heterocycles. The Hall–Kier alpha value is -1.53. The Bertz CT molecular complexity index is 791. The van der Waals surface area contributed by atoms with Gasteiger partial charge in [-0.15, -0.1) is 24.8 Å². The van der Waals surface area contributed by atoms with Crippen molar-refractivity contribution in [2.45, 2.75) is 25.5 Å². The van der Waals surface area contributed by atoms with Crippen LogP contribution >= 0.6 is 24.8 Å². The van der Waals surface area contributed by atoms with Crippen LogP contribution in [0, 0.1) is 11.7 Å². The highest BCUT2D eigenvalue weighted by molar-refractivity contribution is 5.85. The summed E-state index contributed by atoms with van der Waals surface area (Å²) in [7, 11) is 1.69. The number of nitrogens with zero attached hydrogens (tertiary/aromatic N) is 1. The Labute approximate surface area is 184 Å². The van der Waals surface area contributed by atoms with Crippen molar-refractivity contribution in [1.82, 2.24) is 5.32 Å². The first-order chi connectivity index (χ1) is 13.2. The van der Waals surface area contributed by atoms with E-state index in [9.17, 15) is 4.39 Å². The van der Waals surface area contributed by atoms with E-state index in [-0.39, 0.29) is 42.7 Å². The first-order valence-corrected chi connectivity index (χ1v) is 9.68. The van der Waals surface area contributed by atoms with Gasteiger partial charge in [-0.1, -0.05) is 13.0 Å². The summed E-state index contributed by atoms with van der Waals surface area (Å²) in [4.78, 5) is 2.41. The molecule has 2 heterocycles. The summed E-state index contributed by atoms with van der Waals surface area (Å²) >= 11 is 0. The highest BCUT2D eigenvalue weighted by atomic mass is 35.5. The molecule has 1 saturated heterocycles. The lowest BCUT2D eigenvalue weighted by atomic mass is 9.85. The van der Waals surface area contributed by atoms with Gasteiger partial charge in [-0.25, -0.2) is 4.39 Å². The molecule has 3 atom stereocenters. The van der Waals surface area contributed by atoms with Crippen molar-refractivity contribution in [2.24, 2.45) is 5.92 Å². The minimum atomic E-state index is -0.163. The molecule has 4 rings (SSSR count). The lowest BCUT2D eigenvalue weighted by Gasteiger charge is -2.41. The van der Waals surface area contributed by atoms with Gasteiger partial charge in [0.1, 0.15) is 11.6 Å². The van der Waals surface area contributed by atoms with E-state index in [0.717, 1.165) is 42.9 Å². The first-order valence-electron chi connectivity index (χ1n) is 9.68. The van der Waals surface area contributed by atoms with Crippen LogP contribution in [0.5, 0.6) is 5.75 Å². The molecule has 0 aliphatic carbocycles. The van der Waals surface area contributed by atoms with Gasteiger partial charge in [0.25, 0.3) is 0 Å². The maximum atomic E-state index is 13.6. The van der Waals surface area contributed by atoms with Gasteiger partial charge in [-0.3, -0.25) is 0 Å². The van der Waals surface area contributed by atoms with Crippen LogP contribution in [0.1, 0.15) is 24.2 Å². The minimum absolute atomic E-state index is 0. The van der Waals surface area contributed by atoms with Gasteiger partial charge in [-0.2, -0.15) is 0 Å². The van der Waals surface area contributed by atoms with Crippen LogP contribution in [-0.4, -0.2) is 39.4 Å². The summed E-state index contributed by atoms with van der Waals surface area (Å²) in [5.74, 6) is 0.998. The molecule has 2 aromatic carbocycles. The highest BCUT2D eigenvalue weighted by Gasteiger charge is 2.33. The maximum Gasteiger partial charge on any atom is 0.123 e. The third-order valence-corrected chi connectivity index (χ3v) is 5.84. The van der Waals surface area contributed by atoms with Crippen LogP contribution in [0.25, 0.3) is 0 Å². The first kappa shape index (κ1) is 23.7. The molecule has 1 N–H and O–H groups in total. The predicted molar refractivity (Wildman–Crippen MR) is 119 cm³/mol. The molecule has 0 radical (unpaired) electrons. The number of halogens is 3. The maximum absolute atomic E-state index is 13.6. The summed E-state index contributed by atoms with van der Waals surface area (Å²) in [6.45, 7) is 5.72. The lowest BCUT2D eigenvalue weighted by molar-refractivity contribution is -0.00549. The number of piperazine rings is 1. The van der Waals surface area contributed by atoms with Crippen molar-refractivity contribution < 1.29 is 13.9 Å². The summed E-state index contributed by atoms with van der Waals surface area (Å²) in [6, 6.07) is 13.6. The van der Waals surface area contributed by atoms with Gasteiger partial charge in [0.2, 0.25) is 0 Å². The Morgan fingerprint density at radius 3 is 2.66 bits per heavy atom. The van der Waals surface area contributed by atoms with Crippen LogP contribution < -0.4 is 15.0 Å².